The van der Waals surface area contributed by atoms with E-state index in [2.05, 4.69) is 40.3 Å². The number of nitrogens with one attached hydrogen (secondary N) is 1. The zero-order valence-corrected chi connectivity index (χ0v) is 15.1. The van der Waals surface area contributed by atoms with E-state index >= 15 is 0 Å². The Morgan fingerprint density at radius 3 is 2.71 bits per heavy atom. The van der Waals surface area contributed by atoms with Crippen LogP contribution in [0.1, 0.15) is 44.6 Å². The van der Waals surface area contributed by atoms with Crippen molar-refractivity contribution in [3.05, 3.63) is 33.3 Å². The molecule has 3 rings (SSSR count). The average molecular weight is 371 g/mol. The average Bonchev–Trinajstić information content (AvgIpc) is 3.25. The fraction of sp³-hybridized carbons (Fsp3) is 0.667. The smallest absolute Gasteiger partial charge is 0.0449 e. The van der Waals surface area contributed by atoms with Crippen molar-refractivity contribution < 1.29 is 0 Å². The summed E-state index contributed by atoms with van der Waals surface area (Å²) < 4.78 is 1.07. The van der Waals surface area contributed by atoms with Crippen LogP contribution in [0, 0.1) is 17.8 Å². The van der Waals surface area contributed by atoms with Crippen LogP contribution in [0.4, 0.5) is 0 Å². The van der Waals surface area contributed by atoms with Crippen LogP contribution in [0.25, 0.3) is 0 Å². The summed E-state index contributed by atoms with van der Waals surface area (Å²) in [6.07, 6.45) is 8.01. The van der Waals surface area contributed by atoms with Crippen LogP contribution >= 0.6 is 27.5 Å². The van der Waals surface area contributed by atoms with Crippen molar-refractivity contribution in [2.24, 2.45) is 17.8 Å². The summed E-state index contributed by atoms with van der Waals surface area (Å²) in [5.74, 6) is 2.46. The van der Waals surface area contributed by atoms with Crippen LogP contribution in [-0.4, -0.2) is 12.6 Å². The summed E-state index contributed by atoms with van der Waals surface area (Å²) in [5, 5.41) is 4.65. The molecule has 1 N–H and O–H groups in total. The van der Waals surface area contributed by atoms with Crippen LogP contribution in [0.15, 0.2) is 22.7 Å². The lowest BCUT2D eigenvalue weighted by atomic mass is 9.72. The second-order valence-corrected chi connectivity index (χ2v) is 8.38. The van der Waals surface area contributed by atoms with Gasteiger partial charge in [-0.15, -0.1) is 0 Å². The van der Waals surface area contributed by atoms with Crippen LogP contribution < -0.4 is 5.32 Å². The first-order valence-electron chi connectivity index (χ1n) is 8.29. The maximum Gasteiger partial charge on any atom is 0.0449 e. The maximum absolute atomic E-state index is 6.42. The normalized spacial score (nSPS) is 29.6. The van der Waals surface area contributed by atoms with Gasteiger partial charge in [-0.2, -0.15) is 0 Å². The van der Waals surface area contributed by atoms with Crippen molar-refractivity contribution in [3.63, 3.8) is 0 Å². The third-order valence-electron chi connectivity index (χ3n) is 5.15. The standard InChI is InChI=1S/C18H25BrClN/c1-12-2-3-14(11-21-17-6-7-17)15(8-12)9-13-4-5-16(19)10-18(13)20/h4-5,10,12,14-15,17,21H,2-3,6-9,11H2,1H3. The third kappa shape index (κ3) is 4.46. The Balaban J connectivity index is 1.65. The molecule has 0 heterocycles. The van der Waals surface area contributed by atoms with E-state index in [1.54, 1.807) is 0 Å². The molecule has 0 saturated heterocycles. The van der Waals surface area contributed by atoms with Gasteiger partial charge in [0.1, 0.15) is 0 Å². The number of benzene rings is 1. The zero-order chi connectivity index (χ0) is 14.8. The third-order valence-corrected chi connectivity index (χ3v) is 5.99. The Morgan fingerprint density at radius 2 is 2.00 bits per heavy atom. The number of rotatable bonds is 5. The van der Waals surface area contributed by atoms with E-state index in [0.717, 1.165) is 39.7 Å². The summed E-state index contributed by atoms with van der Waals surface area (Å²) in [5.41, 5.74) is 1.32. The van der Waals surface area contributed by atoms with E-state index in [1.165, 1.54) is 44.2 Å². The summed E-state index contributed by atoms with van der Waals surface area (Å²) in [7, 11) is 0. The van der Waals surface area contributed by atoms with Crippen LogP contribution in [0.2, 0.25) is 5.02 Å². The van der Waals surface area contributed by atoms with Crippen LogP contribution in [-0.2, 0) is 6.42 Å². The van der Waals surface area contributed by atoms with Gasteiger partial charge in [0.15, 0.2) is 0 Å². The number of hydrogen-bond acceptors (Lipinski definition) is 1. The van der Waals surface area contributed by atoms with Gasteiger partial charge in [-0.05, 0) is 74.1 Å². The molecule has 3 heteroatoms. The van der Waals surface area contributed by atoms with Crippen molar-refractivity contribution in [2.75, 3.05) is 6.54 Å². The molecule has 0 aliphatic heterocycles. The monoisotopic (exact) mass is 369 g/mol. The minimum absolute atomic E-state index is 0.777. The molecular formula is C18H25BrClN. The highest BCUT2D eigenvalue weighted by Crippen LogP contribution is 2.37. The van der Waals surface area contributed by atoms with E-state index in [9.17, 15) is 0 Å². The summed E-state index contributed by atoms with van der Waals surface area (Å²) >= 11 is 9.92. The van der Waals surface area contributed by atoms with Gasteiger partial charge in [0.2, 0.25) is 0 Å². The first-order valence-corrected chi connectivity index (χ1v) is 9.46. The minimum atomic E-state index is 0.777. The molecule has 0 bridgehead atoms. The molecule has 116 valence electrons. The van der Waals surface area contributed by atoms with Gasteiger partial charge in [0.05, 0.1) is 0 Å². The maximum atomic E-state index is 6.42. The highest BCUT2D eigenvalue weighted by Gasteiger charge is 2.30. The SMILES string of the molecule is CC1CCC(CNC2CC2)C(Cc2ccc(Br)cc2Cl)C1. The van der Waals surface area contributed by atoms with E-state index in [0.29, 0.717) is 0 Å². The molecule has 2 saturated carbocycles. The Labute approximate surface area is 142 Å². The minimum Gasteiger partial charge on any atom is -0.314 e. The van der Waals surface area contributed by atoms with Crippen LogP contribution in [0.5, 0.6) is 0 Å². The molecule has 21 heavy (non-hydrogen) atoms. The Morgan fingerprint density at radius 1 is 1.19 bits per heavy atom. The van der Waals surface area contributed by atoms with Gasteiger partial charge in [-0.3, -0.25) is 0 Å². The quantitative estimate of drug-likeness (QED) is 0.726. The molecule has 0 amide bonds. The second-order valence-electron chi connectivity index (χ2n) is 7.06. The highest BCUT2D eigenvalue weighted by molar-refractivity contribution is 9.10. The molecule has 1 nitrogen and oxygen atoms in total. The van der Waals surface area contributed by atoms with Crippen molar-refractivity contribution in [1.29, 1.82) is 0 Å². The first-order chi connectivity index (χ1) is 10.1. The molecule has 0 aromatic heterocycles. The van der Waals surface area contributed by atoms with Crippen molar-refractivity contribution >= 4 is 27.5 Å². The van der Waals surface area contributed by atoms with E-state index < -0.39 is 0 Å². The molecule has 0 radical (unpaired) electrons. The summed E-state index contributed by atoms with van der Waals surface area (Å²) in [4.78, 5) is 0. The topological polar surface area (TPSA) is 12.0 Å². The fourth-order valence-corrected chi connectivity index (χ4v) is 4.41. The van der Waals surface area contributed by atoms with Gasteiger partial charge in [-0.25, -0.2) is 0 Å². The zero-order valence-electron chi connectivity index (χ0n) is 12.7. The Bertz CT molecular complexity index is 486. The van der Waals surface area contributed by atoms with Gasteiger partial charge in [0, 0.05) is 15.5 Å². The predicted molar refractivity (Wildman–Crippen MR) is 93.9 cm³/mol. The Hall–Kier alpha value is -0.0500. The van der Waals surface area contributed by atoms with Gasteiger partial charge in [-0.1, -0.05) is 46.9 Å². The van der Waals surface area contributed by atoms with Crippen LogP contribution in [0.3, 0.4) is 0 Å². The Kier molecular flexibility index (Phi) is 5.29. The van der Waals surface area contributed by atoms with Crippen molar-refractivity contribution in [2.45, 2.75) is 51.5 Å². The second kappa shape index (κ2) is 7.02. The van der Waals surface area contributed by atoms with Crippen molar-refractivity contribution in [3.8, 4) is 0 Å². The largest absolute Gasteiger partial charge is 0.314 e. The lowest BCUT2D eigenvalue weighted by Gasteiger charge is -2.35. The van der Waals surface area contributed by atoms with Gasteiger partial charge >= 0.3 is 0 Å². The fourth-order valence-electron chi connectivity index (χ4n) is 3.66. The molecule has 2 aliphatic rings. The number of hydrogen-bond donors (Lipinski definition) is 1. The summed E-state index contributed by atoms with van der Waals surface area (Å²) in [6.45, 7) is 3.61. The molecular weight excluding hydrogens is 346 g/mol. The van der Waals surface area contributed by atoms with E-state index in [4.69, 9.17) is 11.6 Å². The molecule has 3 atom stereocenters. The van der Waals surface area contributed by atoms with Gasteiger partial charge in [0.25, 0.3) is 0 Å². The van der Waals surface area contributed by atoms with Crippen molar-refractivity contribution in [1.82, 2.24) is 5.32 Å². The van der Waals surface area contributed by atoms with E-state index in [-0.39, 0.29) is 0 Å². The molecule has 2 fully saturated rings. The highest BCUT2D eigenvalue weighted by atomic mass is 79.9. The lowest BCUT2D eigenvalue weighted by Crippen LogP contribution is -2.34. The first kappa shape index (κ1) is 15.8. The molecule has 0 spiro atoms. The molecule has 1 aromatic rings. The molecule has 1 aromatic carbocycles. The van der Waals surface area contributed by atoms with E-state index in [1.807, 2.05) is 6.07 Å². The lowest BCUT2D eigenvalue weighted by molar-refractivity contribution is 0.183. The summed E-state index contributed by atoms with van der Waals surface area (Å²) in [6, 6.07) is 7.16. The molecule has 3 unspecified atom stereocenters. The van der Waals surface area contributed by atoms with Gasteiger partial charge < -0.3 is 5.32 Å². The predicted octanol–water partition coefficient (Wildman–Crippen LogP) is 5.45. The molecule has 2 aliphatic carbocycles. The number of halogens is 2.